The molecule has 2 aromatic carbocycles. The van der Waals surface area contributed by atoms with Crippen molar-refractivity contribution in [3.8, 4) is 11.5 Å². The molecule has 2 aromatic rings. The molecule has 0 heterocycles. The Morgan fingerprint density at radius 1 is 0.842 bits per heavy atom. The Kier molecular flexibility index (Phi) is 5.21. The Labute approximate surface area is 122 Å². The quantitative estimate of drug-likeness (QED) is 0.492. The molecule has 19 heavy (non-hydrogen) atoms. The normalized spacial score (nSPS) is 11.0. The number of benzene rings is 2. The predicted octanol–water partition coefficient (Wildman–Crippen LogP) is -0.452. The maximum absolute atomic E-state index is 12.3. The van der Waals surface area contributed by atoms with Crippen LogP contribution in [0.3, 0.4) is 0 Å². The van der Waals surface area contributed by atoms with Crippen LogP contribution < -0.4 is 34.5 Å². The minimum atomic E-state index is -3.93. The molecule has 5 nitrogen and oxygen atoms in total. The second-order valence-corrected chi connectivity index (χ2v) is 6.33. The van der Waals surface area contributed by atoms with E-state index in [2.05, 4.69) is 0 Å². The molecule has 0 aromatic heterocycles. The van der Waals surface area contributed by atoms with E-state index in [1.54, 1.807) is 60.7 Å². The van der Waals surface area contributed by atoms with Crippen molar-refractivity contribution in [2.24, 2.45) is 0 Å². The summed E-state index contributed by atoms with van der Waals surface area (Å²) < 4.78 is 38.1. The summed E-state index contributed by atoms with van der Waals surface area (Å²) in [7, 11) is -3.93. The van der Waals surface area contributed by atoms with Crippen LogP contribution in [-0.4, -0.2) is 0 Å². The van der Waals surface area contributed by atoms with Crippen LogP contribution in [0.25, 0.3) is 0 Å². The molecule has 0 aliphatic heterocycles. The summed E-state index contributed by atoms with van der Waals surface area (Å²) in [5, 5.41) is 0. The van der Waals surface area contributed by atoms with Gasteiger partial charge in [0.05, 0.1) is 0 Å². The van der Waals surface area contributed by atoms with E-state index >= 15 is 0 Å². The largest absolute Gasteiger partial charge is 0.631 e. The summed E-state index contributed by atoms with van der Waals surface area (Å²) in [5.74, 6) is 0.637. The lowest BCUT2D eigenvalue weighted by molar-refractivity contribution is -1.25. The number of hydrogen-bond acceptors (Lipinski definition) is 5. The van der Waals surface area contributed by atoms with Crippen molar-refractivity contribution < 1.29 is 41.9 Å². The van der Waals surface area contributed by atoms with Crippen molar-refractivity contribution in [1.29, 1.82) is 0 Å². The Morgan fingerprint density at radius 3 is 1.63 bits per heavy atom. The fourth-order valence-electron chi connectivity index (χ4n) is 1.30. The van der Waals surface area contributed by atoms with Gasteiger partial charge in [0.2, 0.25) is 0 Å². The fourth-order valence-corrected chi connectivity index (χ4v) is 3.30. The summed E-state index contributed by atoms with van der Waals surface area (Å²) in [6.45, 7) is 0. The summed E-state index contributed by atoms with van der Waals surface area (Å²) in [5.41, 5.74) is 0. The molecule has 0 aliphatic rings. The van der Waals surface area contributed by atoms with Gasteiger partial charge in [-0.25, -0.2) is 4.57 Å². The van der Waals surface area contributed by atoms with Crippen molar-refractivity contribution in [2.45, 2.75) is 0 Å². The zero-order chi connectivity index (χ0) is 13.6. The molecule has 0 aliphatic carbocycles. The molecule has 0 fully saturated rings. The molecule has 2 rings (SSSR count). The minimum absolute atomic E-state index is 0.319. The van der Waals surface area contributed by atoms with Crippen molar-refractivity contribution in [2.75, 3.05) is 0 Å². The van der Waals surface area contributed by atoms with Crippen LogP contribution in [0.1, 0.15) is 0 Å². The van der Waals surface area contributed by atoms with Gasteiger partial charge in [0.25, 0.3) is 0 Å². The van der Waals surface area contributed by atoms with Crippen LogP contribution in [0.4, 0.5) is 0 Å². The van der Waals surface area contributed by atoms with E-state index in [0.29, 0.717) is 11.5 Å². The van der Waals surface area contributed by atoms with Crippen molar-refractivity contribution in [3.05, 3.63) is 60.7 Å². The number of para-hydroxylation sites is 2. The standard InChI is InChI=1S/C12H10IO5P/c14-13-18-19(15,16-11-7-3-1-4-8-11)17-12-9-5-2-6-10-12/h1-10H. The van der Waals surface area contributed by atoms with Gasteiger partial charge in [-0.15, -0.1) is 0 Å². The Bertz CT molecular complexity index is 503. The van der Waals surface area contributed by atoms with Crippen LogP contribution in [0.15, 0.2) is 60.7 Å². The molecule has 0 bridgehead atoms. The van der Waals surface area contributed by atoms with Crippen LogP contribution in [0, 0.1) is 0 Å². The molecule has 0 saturated carbocycles. The molecule has 0 radical (unpaired) electrons. The maximum atomic E-state index is 12.3. The number of hydrogen-bond donors (Lipinski definition) is 0. The number of phosphoric ester groups is 1. The van der Waals surface area contributed by atoms with Crippen LogP contribution in [-0.2, 0) is 7.42 Å². The Morgan fingerprint density at radius 2 is 1.26 bits per heavy atom. The van der Waals surface area contributed by atoms with Gasteiger partial charge in [-0.05, 0) is 27.1 Å². The van der Waals surface area contributed by atoms with Gasteiger partial charge in [-0.2, -0.15) is 0 Å². The van der Waals surface area contributed by atoms with E-state index in [4.69, 9.17) is 11.9 Å². The number of rotatable bonds is 6. The van der Waals surface area contributed by atoms with Gasteiger partial charge in [0.1, 0.15) is 11.5 Å². The SMILES string of the molecule is O=P(O[I+][O-])(Oc1ccccc1)Oc1ccccc1. The van der Waals surface area contributed by atoms with Gasteiger partial charge < -0.3 is 12.5 Å². The van der Waals surface area contributed by atoms with Gasteiger partial charge in [-0.1, -0.05) is 36.4 Å². The van der Waals surface area contributed by atoms with Crippen molar-refractivity contribution in [1.82, 2.24) is 0 Å². The zero-order valence-electron chi connectivity index (χ0n) is 9.64. The van der Waals surface area contributed by atoms with E-state index in [0.717, 1.165) is 0 Å². The smallest absolute Gasteiger partial charge is 0.566 e. The predicted molar refractivity (Wildman–Crippen MR) is 62.8 cm³/mol. The molecular formula is C12H10IO5P. The highest BCUT2D eigenvalue weighted by molar-refractivity contribution is 7.49. The van der Waals surface area contributed by atoms with E-state index in [9.17, 15) is 8.00 Å². The lowest BCUT2D eigenvalue weighted by Gasteiger charge is -2.13. The molecule has 0 saturated heterocycles. The first-order valence-corrected chi connectivity index (χ1v) is 8.49. The molecule has 100 valence electrons. The fraction of sp³-hybridized carbons (Fsp3) is 0. The third-order valence-corrected chi connectivity index (χ3v) is 5.06. The van der Waals surface area contributed by atoms with E-state index < -0.39 is 29.9 Å². The average molecular weight is 392 g/mol. The highest BCUT2D eigenvalue weighted by Gasteiger charge is 2.36. The molecule has 0 N–H and O–H groups in total. The third kappa shape index (κ3) is 4.50. The second-order valence-electron chi connectivity index (χ2n) is 3.39. The number of phosphoric acid groups is 1. The first kappa shape index (κ1) is 14.3. The van der Waals surface area contributed by atoms with Gasteiger partial charge >= 0.3 is 29.9 Å². The summed E-state index contributed by atoms with van der Waals surface area (Å²) in [6, 6.07) is 16.9. The minimum Gasteiger partial charge on any atom is -0.566 e. The van der Waals surface area contributed by atoms with E-state index in [-0.39, 0.29) is 0 Å². The van der Waals surface area contributed by atoms with Gasteiger partial charge in [0.15, 0.2) is 0 Å². The number of halogens is 1. The van der Waals surface area contributed by atoms with Crippen LogP contribution in [0.5, 0.6) is 11.5 Å². The molecule has 0 atom stereocenters. The average Bonchev–Trinajstić information content (AvgIpc) is 2.41. The first-order chi connectivity index (χ1) is 9.22. The lowest BCUT2D eigenvalue weighted by Crippen LogP contribution is -3.69. The van der Waals surface area contributed by atoms with Gasteiger partial charge in [-0.3, -0.25) is 0 Å². The Balaban J connectivity index is 2.16. The van der Waals surface area contributed by atoms with E-state index in [1.165, 1.54) is 0 Å². The monoisotopic (exact) mass is 392 g/mol. The maximum Gasteiger partial charge on any atom is 0.631 e. The van der Waals surface area contributed by atoms with E-state index in [1.807, 2.05) is 0 Å². The highest BCUT2D eigenvalue weighted by atomic mass is 127. The van der Waals surface area contributed by atoms with Gasteiger partial charge in [0, 0.05) is 0 Å². The summed E-state index contributed by atoms with van der Waals surface area (Å²) >= 11 is -1.94. The van der Waals surface area contributed by atoms with Crippen LogP contribution >= 0.6 is 7.82 Å². The molecule has 7 heteroatoms. The van der Waals surface area contributed by atoms with Crippen molar-refractivity contribution in [3.63, 3.8) is 0 Å². The summed E-state index contributed by atoms with van der Waals surface area (Å²) in [4.78, 5) is 0. The van der Waals surface area contributed by atoms with Crippen LogP contribution in [0.2, 0.25) is 0 Å². The molecule has 0 spiro atoms. The third-order valence-electron chi connectivity index (χ3n) is 2.03. The Hall–Kier alpha value is -1.08. The zero-order valence-corrected chi connectivity index (χ0v) is 12.7. The summed E-state index contributed by atoms with van der Waals surface area (Å²) in [6.07, 6.45) is 0. The second kappa shape index (κ2) is 6.91. The molecule has 0 amide bonds. The topological polar surface area (TPSA) is 67.8 Å². The molecular weight excluding hydrogens is 382 g/mol. The van der Waals surface area contributed by atoms with Crippen molar-refractivity contribution >= 4 is 7.82 Å². The molecule has 0 unspecified atom stereocenters. The highest BCUT2D eigenvalue weighted by Crippen LogP contribution is 2.46. The lowest BCUT2D eigenvalue weighted by atomic mass is 10.3. The first-order valence-electron chi connectivity index (χ1n) is 5.27.